The molecule has 150 valence electrons. The lowest BCUT2D eigenvalue weighted by Gasteiger charge is -2.16. The number of halogens is 3. The Hall–Kier alpha value is -2.29. The van der Waals surface area contributed by atoms with Gasteiger partial charge in [-0.1, -0.05) is 17.7 Å². The zero-order valence-electron chi connectivity index (χ0n) is 15.4. The summed E-state index contributed by atoms with van der Waals surface area (Å²) in [7, 11) is 1.68. The van der Waals surface area contributed by atoms with E-state index in [0.29, 0.717) is 16.1 Å². The van der Waals surface area contributed by atoms with E-state index in [-0.39, 0.29) is 23.9 Å². The van der Waals surface area contributed by atoms with Crippen LogP contribution in [0.3, 0.4) is 0 Å². The van der Waals surface area contributed by atoms with Crippen LogP contribution in [0.25, 0.3) is 5.70 Å². The predicted molar refractivity (Wildman–Crippen MR) is 110 cm³/mol. The van der Waals surface area contributed by atoms with Crippen LogP contribution in [0.2, 0.25) is 0 Å². The molecule has 0 aliphatic heterocycles. The molecule has 5 nitrogen and oxygen atoms in total. The van der Waals surface area contributed by atoms with Crippen molar-refractivity contribution in [3.8, 4) is 0 Å². The Morgan fingerprint density at radius 1 is 1.36 bits per heavy atom. The SMILES string of the molecule is CN/C(=C(/Cl)C=N)c1cc(C(=O)N[C@H](CN)Cc2ccc(F)c(F)c2)sc1C. The quantitative estimate of drug-likeness (QED) is 0.487. The summed E-state index contributed by atoms with van der Waals surface area (Å²) in [5.74, 6) is -2.18. The smallest absolute Gasteiger partial charge is 0.261 e. The Morgan fingerprint density at radius 3 is 2.64 bits per heavy atom. The second-order valence-electron chi connectivity index (χ2n) is 6.06. The number of hydrogen-bond donors (Lipinski definition) is 4. The number of benzene rings is 1. The fraction of sp³-hybridized carbons (Fsp3) is 0.263. The van der Waals surface area contributed by atoms with Crippen LogP contribution in [0, 0.1) is 24.0 Å². The molecule has 0 fully saturated rings. The van der Waals surface area contributed by atoms with Gasteiger partial charge in [-0.3, -0.25) is 4.79 Å². The van der Waals surface area contributed by atoms with Crippen LogP contribution in [0.1, 0.15) is 25.7 Å². The Labute approximate surface area is 171 Å². The number of nitrogens with two attached hydrogens (primary N) is 1. The maximum atomic E-state index is 13.4. The highest BCUT2D eigenvalue weighted by molar-refractivity contribution is 7.14. The number of carbonyl (C=O) groups is 1. The molecule has 0 spiro atoms. The summed E-state index contributed by atoms with van der Waals surface area (Å²) >= 11 is 7.34. The summed E-state index contributed by atoms with van der Waals surface area (Å²) < 4.78 is 26.4. The maximum Gasteiger partial charge on any atom is 0.261 e. The van der Waals surface area contributed by atoms with Gasteiger partial charge in [-0.15, -0.1) is 11.3 Å². The average molecular weight is 427 g/mol. The number of amides is 1. The Morgan fingerprint density at radius 2 is 2.07 bits per heavy atom. The second-order valence-corrected chi connectivity index (χ2v) is 7.72. The van der Waals surface area contributed by atoms with Gasteiger partial charge in [-0.25, -0.2) is 8.78 Å². The number of thiophene rings is 1. The van der Waals surface area contributed by atoms with Gasteiger partial charge < -0.3 is 21.8 Å². The number of aryl methyl sites for hydroxylation is 1. The van der Waals surface area contributed by atoms with E-state index in [1.165, 1.54) is 17.4 Å². The maximum absolute atomic E-state index is 13.4. The number of allylic oxidation sites excluding steroid dienone is 1. The first-order chi connectivity index (χ1) is 13.3. The molecule has 0 saturated heterocycles. The molecule has 0 bridgehead atoms. The molecule has 1 heterocycles. The van der Waals surface area contributed by atoms with Crippen molar-refractivity contribution in [3.63, 3.8) is 0 Å². The van der Waals surface area contributed by atoms with Gasteiger partial charge in [-0.05, 0) is 37.1 Å². The lowest BCUT2D eigenvalue weighted by Crippen LogP contribution is -2.41. The van der Waals surface area contributed by atoms with E-state index in [9.17, 15) is 13.6 Å². The predicted octanol–water partition coefficient (Wildman–Crippen LogP) is 3.41. The van der Waals surface area contributed by atoms with Gasteiger partial charge in [0.15, 0.2) is 11.6 Å². The molecule has 1 aromatic heterocycles. The van der Waals surface area contributed by atoms with Crippen molar-refractivity contribution in [1.29, 1.82) is 5.41 Å². The third-order valence-electron chi connectivity index (χ3n) is 4.11. The van der Waals surface area contributed by atoms with Crippen LogP contribution in [0.5, 0.6) is 0 Å². The van der Waals surface area contributed by atoms with Crippen molar-refractivity contribution in [2.24, 2.45) is 5.73 Å². The van der Waals surface area contributed by atoms with Gasteiger partial charge in [0.2, 0.25) is 0 Å². The molecule has 28 heavy (non-hydrogen) atoms. The topological polar surface area (TPSA) is 91.0 Å². The highest BCUT2D eigenvalue weighted by Crippen LogP contribution is 2.29. The van der Waals surface area contributed by atoms with Crippen molar-refractivity contribution < 1.29 is 13.6 Å². The first-order valence-corrected chi connectivity index (χ1v) is 9.63. The fourth-order valence-corrected chi connectivity index (χ4v) is 3.82. The summed E-state index contributed by atoms with van der Waals surface area (Å²) in [6.45, 7) is 1.99. The van der Waals surface area contributed by atoms with Crippen molar-refractivity contribution >= 4 is 40.8 Å². The largest absolute Gasteiger partial charge is 0.386 e. The van der Waals surface area contributed by atoms with Crippen LogP contribution in [0.15, 0.2) is 29.3 Å². The molecule has 0 saturated carbocycles. The molecular formula is C19H21ClF2N4OS. The van der Waals surface area contributed by atoms with Crippen LogP contribution in [0.4, 0.5) is 8.78 Å². The summed E-state index contributed by atoms with van der Waals surface area (Å²) in [6.07, 6.45) is 1.30. The third-order valence-corrected chi connectivity index (χ3v) is 5.46. The number of hydrogen-bond acceptors (Lipinski definition) is 5. The molecule has 0 radical (unpaired) electrons. The van der Waals surface area contributed by atoms with Gasteiger partial charge in [0.1, 0.15) is 0 Å². The number of rotatable bonds is 8. The van der Waals surface area contributed by atoms with E-state index >= 15 is 0 Å². The van der Waals surface area contributed by atoms with Crippen molar-refractivity contribution in [3.05, 3.63) is 61.8 Å². The van der Waals surface area contributed by atoms with E-state index in [0.717, 1.165) is 28.8 Å². The first-order valence-electron chi connectivity index (χ1n) is 8.44. The lowest BCUT2D eigenvalue weighted by molar-refractivity contribution is 0.0942. The van der Waals surface area contributed by atoms with Crippen molar-refractivity contribution in [2.75, 3.05) is 13.6 Å². The molecule has 0 aliphatic rings. The highest BCUT2D eigenvalue weighted by Gasteiger charge is 2.19. The standard InChI is InChI=1S/C19H21ClF2N4OS/c1-10-13(18(25-2)14(20)9-24)7-17(28-10)19(27)26-12(8-23)5-11-3-4-15(21)16(22)6-11/h3-4,6-7,9,12,24-25H,5,8,23H2,1-2H3,(H,26,27)/b18-14+,24-9?/t12-/m0/s1. The van der Waals surface area contributed by atoms with E-state index in [2.05, 4.69) is 10.6 Å². The van der Waals surface area contributed by atoms with Crippen LogP contribution >= 0.6 is 22.9 Å². The summed E-state index contributed by atoms with van der Waals surface area (Å²) in [6, 6.07) is 4.86. The Bertz CT molecular complexity index is 913. The zero-order chi connectivity index (χ0) is 20.8. The molecule has 2 rings (SSSR count). The first kappa shape index (κ1) is 22.0. The van der Waals surface area contributed by atoms with Gasteiger partial charge in [-0.2, -0.15) is 0 Å². The zero-order valence-corrected chi connectivity index (χ0v) is 17.0. The van der Waals surface area contributed by atoms with E-state index < -0.39 is 17.7 Å². The highest BCUT2D eigenvalue weighted by atomic mass is 35.5. The van der Waals surface area contributed by atoms with Gasteiger partial charge in [0, 0.05) is 36.3 Å². The van der Waals surface area contributed by atoms with E-state index in [1.54, 1.807) is 13.1 Å². The minimum atomic E-state index is -0.937. The molecule has 1 amide bonds. The minimum absolute atomic E-state index is 0.142. The number of carbonyl (C=O) groups excluding carboxylic acids is 1. The summed E-state index contributed by atoms with van der Waals surface area (Å²) in [5.41, 5.74) is 7.57. The third kappa shape index (κ3) is 5.15. The summed E-state index contributed by atoms with van der Waals surface area (Å²) in [5, 5.41) is 13.3. The van der Waals surface area contributed by atoms with Crippen molar-refractivity contribution in [2.45, 2.75) is 19.4 Å². The monoisotopic (exact) mass is 426 g/mol. The second kappa shape index (κ2) is 9.77. The normalized spacial score (nSPS) is 12.9. The molecule has 1 aromatic carbocycles. The molecule has 5 N–H and O–H groups in total. The molecular weight excluding hydrogens is 406 g/mol. The molecule has 0 unspecified atom stereocenters. The van der Waals surface area contributed by atoms with Crippen LogP contribution in [-0.2, 0) is 6.42 Å². The van der Waals surface area contributed by atoms with Gasteiger partial charge in [0.25, 0.3) is 5.91 Å². The number of nitrogens with one attached hydrogen (secondary N) is 3. The fourth-order valence-electron chi connectivity index (χ4n) is 2.70. The van der Waals surface area contributed by atoms with Gasteiger partial charge >= 0.3 is 0 Å². The Balaban J connectivity index is 2.18. The summed E-state index contributed by atoms with van der Waals surface area (Å²) in [4.78, 5) is 14.0. The van der Waals surface area contributed by atoms with E-state index in [4.69, 9.17) is 22.7 Å². The van der Waals surface area contributed by atoms with Gasteiger partial charge in [0.05, 0.1) is 15.6 Å². The van der Waals surface area contributed by atoms with Crippen molar-refractivity contribution in [1.82, 2.24) is 10.6 Å². The minimum Gasteiger partial charge on any atom is -0.386 e. The van der Waals surface area contributed by atoms with E-state index in [1.807, 2.05) is 6.92 Å². The molecule has 1 atom stereocenters. The molecule has 2 aromatic rings. The molecule has 0 aliphatic carbocycles. The molecule has 9 heteroatoms. The Kier molecular flexibility index (Phi) is 7.68. The average Bonchev–Trinajstić information content (AvgIpc) is 3.06. The van der Waals surface area contributed by atoms with Crippen LogP contribution in [-0.4, -0.2) is 31.8 Å². The van der Waals surface area contributed by atoms with Crippen LogP contribution < -0.4 is 16.4 Å². The lowest BCUT2D eigenvalue weighted by atomic mass is 10.1.